The minimum atomic E-state index is -0.129. The second-order valence-corrected chi connectivity index (χ2v) is 5.70. The Bertz CT molecular complexity index is 432. The number of ether oxygens (including phenoxy) is 1. The first-order chi connectivity index (χ1) is 9.63. The van der Waals surface area contributed by atoms with Crippen LogP contribution in [0, 0.1) is 5.82 Å². The third-order valence-corrected chi connectivity index (χ3v) is 3.58. The summed E-state index contributed by atoms with van der Waals surface area (Å²) >= 11 is 0. The van der Waals surface area contributed by atoms with Gasteiger partial charge < -0.3 is 15.0 Å². The number of rotatable bonds is 8. The van der Waals surface area contributed by atoms with Gasteiger partial charge in [0.15, 0.2) is 0 Å². The zero-order valence-corrected chi connectivity index (χ0v) is 12.7. The maximum atomic E-state index is 14.3. The van der Waals surface area contributed by atoms with E-state index < -0.39 is 0 Å². The number of hydrogen-bond donors (Lipinski definition) is 1. The Labute approximate surface area is 121 Å². The van der Waals surface area contributed by atoms with Crippen LogP contribution < -0.4 is 10.2 Å². The average molecular weight is 280 g/mol. The maximum Gasteiger partial charge on any atom is 0.146 e. The summed E-state index contributed by atoms with van der Waals surface area (Å²) in [5, 5.41) is 3.38. The van der Waals surface area contributed by atoms with Crippen molar-refractivity contribution in [2.75, 3.05) is 25.2 Å². The first kappa shape index (κ1) is 15.3. The van der Waals surface area contributed by atoms with Crippen LogP contribution in [0.2, 0.25) is 0 Å². The highest BCUT2D eigenvalue weighted by Gasteiger charge is 2.31. The van der Waals surface area contributed by atoms with Gasteiger partial charge in [0.05, 0.1) is 12.3 Å². The maximum absolute atomic E-state index is 14.3. The Morgan fingerprint density at radius 3 is 2.75 bits per heavy atom. The molecule has 1 aliphatic carbocycles. The van der Waals surface area contributed by atoms with Crippen molar-refractivity contribution in [2.24, 2.45) is 0 Å². The molecule has 2 rings (SSSR count). The van der Waals surface area contributed by atoms with E-state index in [2.05, 4.69) is 24.1 Å². The lowest BCUT2D eigenvalue weighted by Crippen LogP contribution is -2.32. The van der Waals surface area contributed by atoms with E-state index in [-0.39, 0.29) is 5.82 Å². The van der Waals surface area contributed by atoms with Gasteiger partial charge in [0, 0.05) is 32.3 Å². The molecule has 1 aromatic carbocycles. The Kier molecular flexibility index (Phi) is 5.38. The van der Waals surface area contributed by atoms with Gasteiger partial charge in [-0.05, 0) is 24.5 Å². The van der Waals surface area contributed by atoms with Crippen LogP contribution in [-0.4, -0.2) is 32.3 Å². The van der Waals surface area contributed by atoms with Crippen LogP contribution in [0.15, 0.2) is 18.2 Å². The van der Waals surface area contributed by atoms with Crippen LogP contribution in [0.25, 0.3) is 0 Å². The fourth-order valence-corrected chi connectivity index (χ4v) is 2.39. The Balaban J connectivity index is 2.21. The van der Waals surface area contributed by atoms with Crippen molar-refractivity contribution in [3.8, 4) is 0 Å². The lowest BCUT2D eigenvalue weighted by atomic mass is 10.1. The minimum Gasteiger partial charge on any atom is -0.383 e. The molecule has 1 N–H and O–H groups in total. The number of anilines is 1. The molecule has 1 aromatic rings. The second-order valence-electron chi connectivity index (χ2n) is 5.70. The molecule has 0 aromatic heterocycles. The molecule has 0 amide bonds. The van der Waals surface area contributed by atoms with Gasteiger partial charge in [-0.15, -0.1) is 0 Å². The Hall–Kier alpha value is -1.13. The van der Waals surface area contributed by atoms with Gasteiger partial charge in [-0.2, -0.15) is 0 Å². The fourth-order valence-electron chi connectivity index (χ4n) is 2.39. The number of nitrogens with zero attached hydrogens (tertiary/aromatic N) is 1. The van der Waals surface area contributed by atoms with E-state index in [9.17, 15) is 4.39 Å². The van der Waals surface area contributed by atoms with Crippen molar-refractivity contribution >= 4 is 5.69 Å². The van der Waals surface area contributed by atoms with Crippen molar-refractivity contribution < 1.29 is 9.13 Å². The molecule has 0 radical (unpaired) electrons. The van der Waals surface area contributed by atoms with Gasteiger partial charge in [-0.25, -0.2) is 4.39 Å². The largest absolute Gasteiger partial charge is 0.383 e. The summed E-state index contributed by atoms with van der Waals surface area (Å²) in [5.74, 6) is -0.129. The molecule has 1 saturated carbocycles. The van der Waals surface area contributed by atoms with Gasteiger partial charge in [0.25, 0.3) is 0 Å². The van der Waals surface area contributed by atoms with E-state index in [0.717, 1.165) is 30.6 Å². The normalized spacial score (nSPS) is 14.8. The summed E-state index contributed by atoms with van der Waals surface area (Å²) in [7, 11) is 1.69. The summed E-state index contributed by atoms with van der Waals surface area (Å²) in [6, 6.07) is 6.21. The highest BCUT2D eigenvalue weighted by molar-refractivity contribution is 5.56. The molecule has 112 valence electrons. The zero-order chi connectivity index (χ0) is 14.5. The first-order valence-electron chi connectivity index (χ1n) is 7.39. The van der Waals surface area contributed by atoms with Crippen molar-refractivity contribution in [2.45, 2.75) is 45.3 Å². The average Bonchev–Trinajstić information content (AvgIpc) is 3.23. The van der Waals surface area contributed by atoms with Gasteiger partial charge in [-0.1, -0.05) is 26.0 Å². The predicted molar refractivity (Wildman–Crippen MR) is 80.6 cm³/mol. The second kappa shape index (κ2) is 7.04. The Morgan fingerprint density at radius 1 is 1.40 bits per heavy atom. The van der Waals surface area contributed by atoms with Crippen molar-refractivity contribution in [1.82, 2.24) is 5.32 Å². The summed E-state index contributed by atoms with van der Waals surface area (Å²) in [4.78, 5) is 2.18. The van der Waals surface area contributed by atoms with Gasteiger partial charge in [0.1, 0.15) is 5.82 Å². The number of halogens is 1. The molecule has 0 saturated heterocycles. The van der Waals surface area contributed by atoms with E-state index in [1.165, 1.54) is 0 Å². The molecule has 1 fully saturated rings. The molecule has 0 atom stereocenters. The highest BCUT2D eigenvalue weighted by atomic mass is 19.1. The lowest BCUT2D eigenvalue weighted by Gasteiger charge is -2.27. The third kappa shape index (κ3) is 3.93. The van der Waals surface area contributed by atoms with Crippen LogP contribution >= 0.6 is 0 Å². The summed E-state index contributed by atoms with van der Waals surface area (Å²) in [6.07, 6.45) is 2.30. The lowest BCUT2D eigenvalue weighted by molar-refractivity contribution is 0.204. The molecule has 0 bridgehead atoms. The molecule has 0 unspecified atom stereocenters. The van der Waals surface area contributed by atoms with Crippen LogP contribution in [0.1, 0.15) is 32.3 Å². The smallest absolute Gasteiger partial charge is 0.146 e. The topological polar surface area (TPSA) is 24.5 Å². The van der Waals surface area contributed by atoms with Crippen molar-refractivity contribution in [3.63, 3.8) is 0 Å². The van der Waals surface area contributed by atoms with E-state index in [0.29, 0.717) is 25.2 Å². The molecule has 20 heavy (non-hydrogen) atoms. The summed E-state index contributed by atoms with van der Waals surface area (Å²) in [6.45, 7) is 6.27. The van der Waals surface area contributed by atoms with Gasteiger partial charge in [-0.3, -0.25) is 0 Å². The van der Waals surface area contributed by atoms with Gasteiger partial charge >= 0.3 is 0 Å². The van der Waals surface area contributed by atoms with Gasteiger partial charge in [0.2, 0.25) is 0 Å². The fraction of sp³-hybridized carbons (Fsp3) is 0.625. The predicted octanol–water partition coefficient (Wildman–Crippen LogP) is 2.94. The number of hydrogen-bond acceptors (Lipinski definition) is 3. The standard InChI is InChI=1S/C16H25FN2O/c1-12(2)18-11-13-5-4-6-15(17)16(13)19(9-10-20-3)14-7-8-14/h4-6,12,14,18H,7-11H2,1-3H3. The third-order valence-electron chi connectivity index (χ3n) is 3.58. The number of para-hydroxylation sites is 1. The van der Waals surface area contributed by atoms with Crippen molar-refractivity contribution in [3.05, 3.63) is 29.6 Å². The van der Waals surface area contributed by atoms with Crippen LogP contribution in [0.3, 0.4) is 0 Å². The Morgan fingerprint density at radius 2 is 2.15 bits per heavy atom. The zero-order valence-electron chi connectivity index (χ0n) is 12.7. The monoisotopic (exact) mass is 280 g/mol. The quantitative estimate of drug-likeness (QED) is 0.792. The van der Waals surface area contributed by atoms with E-state index in [1.807, 2.05) is 6.07 Å². The number of benzene rings is 1. The van der Waals surface area contributed by atoms with Crippen LogP contribution in [-0.2, 0) is 11.3 Å². The number of nitrogens with one attached hydrogen (secondary N) is 1. The van der Waals surface area contributed by atoms with Crippen LogP contribution in [0.4, 0.5) is 10.1 Å². The van der Waals surface area contributed by atoms with Crippen molar-refractivity contribution in [1.29, 1.82) is 0 Å². The highest BCUT2D eigenvalue weighted by Crippen LogP contribution is 2.35. The van der Waals surface area contributed by atoms with Crippen LogP contribution in [0.5, 0.6) is 0 Å². The SMILES string of the molecule is COCCN(c1c(F)cccc1CNC(C)C)C1CC1. The van der Waals surface area contributed by atoms with E-state index in [1.54, 1.807) is 19.2 Å². The summed E-state index contributed by atoms with van der Waals surface area (Å²) in [5.41, 5.74) is 1.78. The molecule has 3 nitrogen and oxygen atoms in total. The summed E-state index contributed by atoms with van der Waals surface area (Å²) < 4.78 is 19.5. The molecular weight excluding hydrogens is 255 g/mol. The molecule has 1 aliphatic rings. The molecule has 4 heteroatoms. The van der Waals surface area contributed by atoms with E-state index >= 15 is 0 Å². The first-order valence-corrected chi connectivity index (χ1v) is 7.39. The molecule has 0 heterocycles. The van der Waals surface area contributed by atoms with E-state index in [4.69, 9.17) is 4.74 Å². The molecule has 0 aliphatic heterocycles. The minimum absolute atomic E-state index is 0.129. The number of methoxy groups -OCH3 is 1. The molecular formula is C16H25FN2O. The molecule has 0 spiro atoms.